The lowest BCUT2D eigenvalue weighted by Gasteiger charge is -2.30. The van der Waals surface area contributed by atoms with E-state index in [1.165, 1.54) is 31.5 Å². The lowest BCUT2D eigenvalue weighted by Crippen LogP contribution is -2.35. The maximum Gasteiger partial charge on any atom is 0.0453 e. The number of rotatable bonds is 4. The van der Waals surface area contributed by atoms with Crippen molar-refractivity contribution in [2.24, 2.45) is 5.92 Å². The maximum atomic E-state index is 6.21. The zero-order valence-corrected chi connectivity index (χ0v) is 12.1. The molecule has 2 rings (SSSR count). The van der Waals surface area contributed by atoms with Crippen LogP contribution in [0.2, 0.25) is 5.02 Å². The molecule has 0 spiro atoms. The van der Waals surface area contributed by atoms with Crippen molar-refractivity contribution in [3.63, 3.8) is 0 Å². The summed E-state index contributed by atoms with van der Waals surface area (Å²) in [5, 5.41) is 4.48. The predicted molar refractivity (Wildman–Crippen MR) is 78.1 cm³/mol. The first kappa shape index (κ1) is 13.9. The van der Waals surface area contributed by atoms with E-state index in [2.05, 4.69) is 36.3 Å². The molecule has 1 aliphatic heterocycles. The summed E-state index contributed by atoms with van der Waals surface area (Å²) in [6.45, 7) is 5.75. The number of likely N-dealkylation sites (tertiary alicyclic amines) is 1. The van der Waals surface area contributed by atoms with E-state index in [-0.39, 0.29) is 0 Å². The highest BCUT2D eigenvalue weighted by atomic mass is 35.5. The highest BCUT2D eigenvalue weighted by Crippen LogP contribution is 2.23. The SMILES string of the molecule is C[C@@H](NCC1CCN(C)CC1)c1ccccc1Cl. The molecule has 1 fully saturated rings. The molecule has 0 aliphatic carbocycles. The van der Waals surface area contributed by atoms with Gasteiger partial charge in [-0.1, -0.05) is 29.8 Å². The summed E-state index contributed by atoms with van der Waals surface area (Å²) in [6, 6.07) is 8.43. The van der Waals surface area contributed by atoms with Crippen molar-refractivity contribution >= 4 is 11.6 Å². The van der Waals surface area contributed by atoms with Gasteiger partial charge < -0.3 is 10.2 Å². The van der Waals surface area contributed by atoms with E-state index in [0.29, 0.717) is 6.04 Å². The summed E-state index contributed by atoms with van der Waals surface area (Å²) < 4.78 is 0. The summed E-state index contributed by atoms with van der Waals surface area (Å²) >= 11 is 6.21. The van der Waals surface area contributed by atoms with Gasteiger partial charge in [0.05, 0.1) is 0 Å². The van der Waals surface area contributed by atoms with Gasteiger partial charge in [0.2, 0.25) is 0 Å². The second-order valence-corrected chi connectivity index (χ2v) is 5.81. The highest BCUT2D eigenvalue weighted by Gasteiger charge is 2.17. The second-order valence-electron chi connectivity index (χ2n) is 5.40. The van der Waals surface area contributed by atoms with E-state index >= 15 is 0 Å². The average molecular weight is 267 g/mol. The van der Waals surface area contributed by atoms with Crippen molar-refractivity contribution in [1.82, 2.24) is 10.2 Å². The monoisotopic (exact) mass is 266 g/mol. The number of nitrogens with one attached hydrogen (secondary N) is 1. The fourth-order valence-corrected chi connectivity index (χ4v) is 2.85. The summed E-state index contributed by atoms with van der Waals surface area (Å²) in [5.74, 6) is 0.811. The van der Waals surface area contributed by atoms with E-state index in [0.717, 1.165) is 17.5 Å². The van der Waals surface area contributed by atoms with E-state index in [9.17, 15) is 0 Å². The van der Waals surface area contributed by atoms with Crippen LogP contribution >= 0.6 is 11.6 Å². The fraction of sp³-hybridized carbons (Fsp3) is 0.600. The molecule has 100 valence electrons. The first-order valence-electron chi connectivity index (χ1n) is 6.83. The Balaban J connectivity index is 1.81. The zero-order valence-electron chi connectivity index (χ0n) is 11.3. The van der Waals surface area contributed by atoms with Gasteiger partial charge in [-0.05, 0) is 64.0 Å². The molecule has 1 N–H and O–H groups in total. The van der Waals surface area contributed by atoms with Gasteiger partial charge in [-0.2, -0.15) is 0 Å². The van der Waals surface area contributed by atoms with Crippen LogP contribution in [0, 0.1) is 5.92 Å². The van der Waals surface area contributed by atoms with Crippen LogP contribution in [0.4, 0.5) is 0 Å². The van der Waals surface area contributed by atoms with Crippen LogP contribution in [0.5, 0.6) is 0 Å². The van der Waals surface area contributed by atoms with Crippen molar-refractivity contribution < 1.29 is 0 Å². The molecule has 0 bridgehead atoms. The van der Waals surface area contributed by atoms with Crippen LogP contribution < -0.4 is 5.32 Å². The van der Waals surface area contributed by atoms with Gasteiger partial charge in [0.25, 0.3) is 0 Å². The molecular weight excluding hydrogens is 244 g/mol. The molecule has 1 aromatic rings. The molecule has 2 nitrogen and oxygen atoms in total. The van der Waals surface area contributed by atoms with Crippen molar-refractivity contribution in [2.45, 2.75) is 25.8 Å². The topological polar surface area (TPSA) is 15.3 Å². The minimum atomic E-state index is 0.332. The number of hydrogen-bond donors (Lipinski definition) is 1. The quantitative estimate of drug-likeness (QED) is 0.899. The Morgan fingerprint density at radius 2 is 2.00 bits per heavy atom. The Hall–Kier alpha value is -0.570. The van der Waals surface area contributed by atoms with Gasteiger partial charge in [-0.15, -0.1) is 0 Å². The Morgan fingerprint density at radius 1 is 1.33 bits per heavy atom. The lowest BCUT2D eigenvalue weighted by molar-refractivity contribution is 0.213. The van der Waals surface area contributed by atoms with Crippen molar-refractivity contribution in [3.8, 4) is 0 Å². The Kier molecular flexibility index (Phi) is 5.04. The molecule has 1 heterocycles. The molecule has 1 aromatic carbocycles. The third-order valence-corrected chi connectivity index (χ3v) is 4.27. The molecule has 0 unspecified atom stereocenters. The first-order valence-corrected chi connectivity index (χ1v) is 7.21. The molecular formula is C15H23ClN2. The van der Waals surface area contributed by atoms with Crippen LogP contribution in [-0.2, 0) is 0 Å². The van der Waals surface area contributed by atoms with Gasteiger partial charge >= 0.3 is 0 Å². The van der Waals surface area contributed by atoms with Gasteiger partial charge in [0.15, 0.2) is 0 Å². The standard InChI is InChI=1S/C15H23ClN2/c1-12(14-5-3-4-6-15(14)16)17-11-13-7-9-18(2)10-8-13/h3-6,12-13,17H,7-11H2,1-2H3/t12-/m1/s1. The molecule has 1 aliphatic rings. The van der Waals surface area contributed by atoms with E-state index in [1.54, 1.807) is 0 Å². The Morgan fingerprint density at radius 3 is 2.67 bits per heavy atom. The van der Waals surface area contributed by atoms with Crippen LogP contribution in [0.3, 0.4) is 0 Å². The van der Waals surface area contributed by atoms with Gasteiger partial charge in [0.1, 0.15) is 0 Å². The van der Waals surface area contributed by atoms with Crippen molar-refractivity contribution in [2.75, 3.05) is 26.7 Å². The summed E-state index contributed by atoms with van der Waals surface area (Å²) in [5.41, 5.74) is 1.20. The molecule has 1 atom stereocenters. The normalized spacial score (nSPS) is 19.9. The third-order valence-electron chi connectivity index (χ3n) is 3.92. The summed E-state index contributed by atoms with van der Waals surface area (Å²) in [4.78, 5) is 2.41. The maximum absolute atomic E-state index is 6.21. The highest BCUT2D eigenvalue weighted by molar-refractivity contribution is 6.31. The van der Waals surface area contributed by atoms with E-state index in [4.69, 9.17) is 11.6 Å². The number of halogens is 1. The third kappa shape index (κ3) is 3.71. The lowest BCUT2D eigenvalue weighted by atomic mass is 9.96. The first-order chi connectivity index (χ1) is 8.66. The largest absolute Gasteiger partial charge is 0.310 e. The molecule has 3 heteroatoms. The smallest absolute Gasteiger partial charge is 0.0453 e. The Bertz CT molecular complexity index is 373. The van der Waals surface area contributed by atoms with Crippen molar-refractivity contribution in [1.29, 1.82) is 0 Å². The van der Waals surface area contributed by atoms with Gasteiger partial charge in [-0.3, -0.25) is 0 Å². The Labute approximate surface area is 115 Å². The fourth-order valence-electron chi connectivity index (χ4n) is 2.55. The van der Waals surface area contributed by atoms with Crippen LogP contribution in [0.25, 0.3) is 0 Å². The number of nitrogens with zero attached hydrogens (tertiary/aromatic N) is 1. The molecule has 0 saturated carbocycles. The van der Waals surface area contributed by atoms with Crippen LogP contribution in [-0.4, -0.2) is 31.6 Å². The van der Waals surface area contributed by atoms with E-state index in [1.807, 2.05) is 12.1 Å². The van der Waals surface area contributed by atoms with Crippen LogP contribution in [0.1, 0.15) is 31.4 Å². The number of hydrogen-bond acceptors (Lipinski definition) is 2. The number of benzene rings is 1. The van der Waals surface area contributed by atoms with Crippen molar-refractivity contribution in [3.05, 3.63) is 34.9 Å². The summed E-state index contributed by atoms with van der Waals surface area (Å²) in [6.07, 6.45) is 2.61. The molecule has 0 radical (unpaired) electrons. The molecule has 0 amide bonds. The zero-order chi connectivity index (χ0) is 13.0. The average Bonchev–Trinajstić information content (AvgIpc) is 2.38. The van der Waals surface area contributed by atoms with E-state index < -0.39 is 0 Å². The van der Waals surface area contributed by atoms with Crippen LogP contribution in [0.15, 0.2) is 24.3 Å². The minimum absolute atomic E-state index is 0.332. The predicted octanol–water partition coefficient (Wildman–Crippen LogP) is 3.33. The van der Waals surface area contributed by atoms with Gasteiger partial charge in [0, 0.05) is 11.1 Å². The molecule has 18 heavy (non-hydrogen) atoms. The molecule has 1 saturated heterocycles. The minimum Gasteiger partial charge on any atom is -0.310 e. The summed E-state index contributed by atoms with van der Waals surface area (Å²) in [7, 11) is 2.20. The molecule has 0 aromatic heterocycles. The second kappa shape index (κ2) is 6.55. The number of piperidine rings is 1. The van der Waals surface area contributed by atoms with Gasteiger partial charge in [-0.25, -0.2) is 0 Å².